The molecule has 11 heteroatoms. The molecule has 2 saturated carbocycles. The van der Waals surface area contributed by atoms with Crippen LogP contribution in [0.5, 0.6) is 0 Å². The molecule has 1 atom stereocenters. The first-order chi connectivity index (χ1) is 26.4. The fraction of sp³-hybridized carbons (Fsp3) is 0.432. The van der Waals surface area contributed by atoms with Crippen LogP contribution < -0.4 is 9.80 Å². The largest absolute Gasteiger partial charge is 0.384 e. The van der Waals surface area contributed by atoms with E-state index < -0.39 is 41.0 Å². The molecule has 2 saturated heterocycles. The molecular formula is C44H49F5N4O2. The smallest absolute Gasteiger partial charge is 0.193 e. The number of hydrogen-bond acceptors (Lipinski definition) is 6. The summed E-state index contributed by atoms with van der Waals surface area (Å²) in [6, 6.07) is 18.5. The lowest BCUT2D eigenvalue weighted by atomic mass is 9.95. The van der Waals surface area contributed by atoms with Crippen LogP contribution in [0.2, 0.25) is 0 Å². The van der Waals surface area contributed by atoms with E-state index in [0.717, 1.165) is 68.8 Å². The summed E-state index contributed by atoms with van der Waals surface area (Å²) in [6.45, 7) is 11.1. The van der Waals surface area contributed by atoms with Crippen molar-refractivity contribution in [3.63, 3.8) is 0 Å². The minimum atomic E-state index is -1.05. The Balaban J connectivity index is 0.000000169. The van der Waals surface area contributed by atoms with Gasteiger partial charge < -0.3 is 14.9 Å². The first kappa shape index (κ1) is 38.9. The summed E-state index contributed by atoms with van der Waals surface area (Å²) in [7, 11) is 0. The predicted octanol–water partition coefficient (Wildman–Crippen LogP) is 8.22. The number of carbonyl (C=O) groups excluding carboxylic acids is 1. The van der Waals surface area contributed by atoms with E-state index in [-0.39, 0.29) is 33.6 Å². The van der Waals surface area contributed by atoms with Crippen LogP contribution in [0.15, 0.2) is 78.9 Å². The number of benzene rings is 4. The molecule has 0 amide bonds. The second-order valence-electron chi connectivity index (χ2n) is 15.9. The van der Waals surface area contributed by atoms with Crippen LogP contribution in [-0.2, 0) is 0 Å². The average molecular weight is 761 g/mol. The van der Waals surface area contributed by atoms with E-state index in [1.54, 1.807) is 34.1 Å². The van der Waals surface area contributed by atoms with Crippen molar-refractivity contribution in [2.45, 2.75) is 51.2 Å². The van der Waals surface area contributed by atoms with Crippen LogP contribution in [0, 0.1) is 40.9 Å². The molecule has 0 bridgehead atoms. The SMILES string of the molecule is CC(C)(C1CC1)N1CCN(c2c(F)cc(C(O)c3ccccc3)cc2F)CC1.O=C(c1ccc(F)cc1)c1cc(F)c(N2CCN(CC3CC3)CC2)c(F)c1. The number of ketones is 1. The molecular weight excluding hydrogens is 712 g/mol. The number of hydrogen-bond donors (Lipinski definition) is 1. The Morgan fingerprint density at radius 1 is 0.655 bits per heavy atom. The number of aliphatic hydroxyl groups is 1. The monoisotopic (exact) mass is 760 g/mol. The summed E-state index contributed by atoms with van der Waals surface area (Å²) in [5, 5.41) is 10.5. The Labute approximate surface area is 320 Å². The van der Waals surface area contributed by atoms with Crippen molar-refractivity contribution >= 4 is 17.2 Å². The van der Waals surface area contributed by atoms with Gasteiger partial charge in [-0.05, 0) is 111 Å². The quantitative estimate of drug-likeness (QED) is 0.130. The second kappa shape index (κ2) is 16.4. The highest BCUT2D eigenvalue weighted by atomic mass is 19.1. The number of carbonyl (C=O) groups is 1. The summed E-state index contributed by atoms with van der Waals surface area (Å²) in [4.78, 5) is 20.7. The van der Waals surface area contributed by atoms with Crippen molar-refractivity contribution in [3.8, 4) is 0 Å². The molecule has 0 aromatic heterocycles. The third-order valence-electron chi connectivity index (χ3n) is 11.7. The van der Waals surface area contributed by atoms with Gasteiger partial charge in [-0.3, -0.25) is 14.6 Å². The summed E-state index contributed by atoms with van der Waals surface area (Å²) < 4.78 is 72.0. The molecule has 292 valence electrons. The van der Waals surface area contributed by atoms with Crippen LogP contribution in [0.25, 0.3) is 0 Å². The zero-order chi connectivity index (χ0) is 38.9. The molecule has 0 spiro atoms. The number of anilines is 2. The molecule has 2 aliphatic heterocycles. The maximum atomic E-state index is 14.8. The Hall–Kier alpha value is -4.32. The summed E-state index contributed by atoms with van der Waals surface area (Å²) in [6.07, 6.45) is 4.08. The third kappa shape index (κ3) is 9.06. The van der Waals surface area contributed by atoms with Crippen LogP contribution in [-0.4, -0.2) is 85.1 Å². The van der Waals surface area contributed by atoms with Gasteiger partial charge in [0.15, 0.2) is 5.78 Å². The van der Waals surface area contributed by atoms with Crippen molar-refractivity contribution in [2.24, 2.45) is 11.8 Å². The normalized spacial score (nSPS) is 18.8. The Morgan fingerprint density at radius 2 is 1.16 bits per heavy atom. The van der Waals surface area contributed by atoms with Crippen LogP contribution in [0.3, 0.4) is 0 Å². The fourth-order valence-electron chi connectivity index (χ4n) is 8.01. The molecule has 4 aromatic rings. The summed E-state index contributed by atoms with van der Waals surface area (Å²) in [5.41, 5.74) is 1.07. The Kier molecular flexibility index (Phi) is 11.6. The van der Waals surface area contributed by atoms with E-state index in [1.165, 1.54) is 49.9 Å². The molecule has 2 heterocycles. The molecule has 0 radical (unpaired) electrons. The molecule has 1 N–H and O–H groups in total. The van der Waals surface area contributed by atoms with Crippen LogP contribution in [0.1, 0.15) is 72.7 Å². The van der Waals surface area contributed by atoms with Gasteiger partial charge in [0, 0.05) is 75.6 Å². The summed E-state index contributed by atoms with van der Waals surface area (Å²) in [5.74, 6) is -2.17. The van der Waals surface area contributed by atoms with E-state index in [2.05, 4.69) is 23.6 Å². The van der Waals surface area contributed by atoms with Gasteiger partial charge in [-0.2, -0.15) is 0 Å². The maximum absolute atomic E-state index is 14.8. The third-order valence-corrected chi connectivity index (χ3v) is 11.7. The first-order valence-electron chi connectivity index (χ1n) is 19.4. The molecule has 8 rings (SSSR count). The minimum Gasteiger partial charge on any atom is -0.384 e. The fourth-order valence-corrected chi connectivity index (χ4v) is 8.01. The van der Waals surface area contributed by atoms with Crippen molar-refractivity contribution < 1.29 is 31.9 Å². The number of aliphatic hydroxyl groups excluding tert-OH is 1. The molecule has 2 aliphatic carbocycles. The summed E-state index contributed by atoms with van der Waals surface area (Å²) >= 11 is 0. The van der Waals surface area contributed by atoms with E-state index in [0.29, 0.717) is 31.7 Å². The molecule has 4 aliphatic rings. The number of piperazine rings is 2. The van der Waals surface area contributed by atoms with Crippen molar-refractivity contribution in [1.29, 1.82) is 0 Å². The molecule has 4 aromatic carbocycles. The van der Waals surface area contributed by atoms with Gasteiger partial charge in [0.2, 0.25) is 0 Å². The van der Waals surface area contributed by atoms with E-state index in [4.69, 9.17) is 0 Å². The second-order valence-corrected chi connectivity index (χ2v) is 15.9. The average Bonchev–Trinajstić information content (AvgIpc) is 4.12. The topological polar surface area (TPSA) is 50.3 Å². The molecule has 55 heavy (non-hydrogen) atoms. The van der Waals surface area contributed by atoms with E-state index in [1.807, 2.05) is 6.07 Å². The maximum Gasteiger partial charge on any atom is 0.193 e. The number of rotatable bonds is 10. The molecule has 6 nitrogen and oxygen atoms in total. The van der Waals surface area contributed by atoms with Gasteiger partial charge in [-0.1, -0.05) is 30.3 Å². The van der Waals surface area contributed by atoms with Crippen molar-refractivity contribution in [3.05, 3.63) is 130 Å². The van der Waals surface area contributed by atoms with E-state index >= 15 is 0 Å². The zero-order valence-corrected chi connectivity index (χ0v) is 31.5. The van der Waals surface area contributed by atoms with Gasteiger partial charge in [-0.15, -0.1) is 0 Å². The number of halogens is 5. The highest BCUT2D eigenvalue weighted by Crippen LogP contribution is 2.43. The zero-order valence-electron chi connectivity index (χ0n) is 31.5. The van der Waals surface area contributed by atoms with Gasteiger partial charge in [-0.25, -0.2) is 22.0 Å². The van der Waals surface area contributed by atoms with E-state index in [9.17, 15) is 31.9 Å². The van der Waals surface area contributed by atoms with Crippen molar-refractivity contribution in [2.75, 3.05) is 68.7 Å². The van der Waals surface area contributed by atoms with Gasteiger partial charge in [0.05, 0.1) is 0 Å². The molecule has 4 fully saturated rings. The van der Waals surface area contributed by atoms with Crippen LogP contribution in [0.4, 0.5) is 33.3 Å². The Bertz CT molecular complexity index is 1910. The highest BCUT2D eigenvalue weighted by Gasteiger charge is 2.43. The predicted molar refractivity (Wildman–Crippen MR) is 205 cm³/mol. The van der Waals surface area contributed by atoms with Crippen molar-refractivity contribution in [1.82, 2.24) is 9.80 Å². The standard InChI is InChI=1S/C23H28F2N2O.C21H21F3N2O/c1-23(2,18-8-9-18)27-12-10-26(11-13-27)21-19(24)14-17(15-20(21)25)22(28)16-6-4-3-5-7-16;22-17-5-3-15(4-6-17)21(27)16-11-18(23)20(19(24)12-16)26-9-7-25(8-10-26)13-14-1-2-14/h3-7,14-15,18,22,28H,8-13H2,1-2H3;3-6,11-12,14H,1-2,7-10,13H2. The lowest BCUT2D eigenvalue weighted by Gasteiger charge is -2.45. The lowest BCUT2D eigenvalue weighted by Crippen LogP contribution is -2.55. The first-order valence-corrected chi connectivity index (χ1v) is 19.4. The Morgan fingerprint density at radius 3 is 1.67 bits per heavy atom. The lowest BCUT2D eigenvalue weighted by molar-refractivity contribution is 0.0916. The van der Waals surface area contributed by atoms with Gasteiger partial charge >= 0.3 is 0 Å². The van der Waals surface area contributed by atoms with Gasteiger partial charge in [0.25, 0.3) is 0 Å². The highest BCUT2D eigenvalue weighted by molar-refractivity contribution is 6.09. The number of nitrogens with zero attached hydrogens (tertiary/aromatic N) is 4. The van der Waals surface area contributed by atoms with Crippen LogP contribution >= 0.6 is 0 Å². The minimum absolute atomic E-state index is 0.0212. The van der Waals surface area contributed by atoms with Gasteiger partial charge in [0.1, 0.15) is 46.6 Å². The molecule has 1 unspecified atom stereocenters.